The maximum Gasteiger partial charge on any atom is 0.196 e. The molecule has 0 N–H and O–H groups in total. The zero-order chi connectivity index (χ0) is 24.0. The van der Waals surface area contributed by atoms with Gasteiger partial charge in [-0.05, 0) is 92.2 Å². The van der Waals surface area contributed by atoms with E-state index in [-0.39, 0.29) is 0 Å². The minimum atomic E-state index is -0.617. The summed E-state index contributed by atoms with van der Waals surface area (Å²) < 4.78 is 12.9. The van der Waals surface area contributed by atoms with Crippen molar-refractivity contribution in [1.29, 1.82) is 5.26 Å². The summed E-state index contributed by atoms with van der Waals surface area (Å²) >= 11 is 0. The molecular weight excluding hydrogens is 417 g/mol. The first-order chi connectivity index (χ1) is 16.7. The van der Waals surface area contributed by atoms with Crippen molar-refractivity contribution in [1.82, 2.24) is 0 Å². The van der Waals surface area contributed by atoms with Crippen LogP contribution in [0.2, 0.25) is 0 Å². The molecule has 0 saturated heterocycles. The number of nitriles is 1. The van der Waals surface area contributed by atoms with E-state index in [4.69, 9.17) is 5.26 Å². The second kappa shape index (κ2) is 15.4. The van der Waals surface area contributed by atoms with E-state index in [0.717, 1.165) is 36.5 Å². The second-order valence-electron chi connectivity index (χ2n) is 11.3. The fourth-order valence-electron chi connectivity index (χ4n) is 6.49. The summed E-state index contributed by atoms with van der Waals surface area (Å²) in [4.78, 5) is 0. The Morgan fingerprint density at radius 3 is 1.94 bits per heavy atom. The lowest BCUT2D eigenvalue weighted by Crippen LogP contribution is -2.15. The molecule has 0 radical (unpaired) electrons. The van der Waals surface area contributed by atoms with Crippen molar-refractivity contribution >= 4 is 0 Å². The van der Waals surface area contributed by atoms with E-state index in [1.54, 1.807) is 11.6 Å². The van der Waals surface area contributed by atoms with Gasteiger partial charge in [0.25, 0.3) is 0 Å². The Kier molecular flexibility index (Phi) is 12.2. The Morgan fingerprint density at radius 2 is 1.38 bits per heavy atom. The number of unbranched alkanes of at least 4 members (excludes halogenated alkanes) is 3. The lowest BCUT2D eigenvalue weighted by atomic mass is 9.76. The van der Waals surface area contributed by atoms with E-state index in [9.17, 15) is 4.39 Å². The van der Waals surface area contributed by atoms with Gasteiger partial charge in [0.15, 0.2) is 5.83 Å². The van der Waals surface area contributed by atoms with E-state index in [1.807, 2.05) is 0 Å². The van der Waals surface area contributed by atoms with Crippen molar-refractivity contribution < 1.29 is 4.39 Å². The molecule has 1 aromatic carbocycles. The Bertz CT molecular complexity index is 742. The summed E-state index contributed by atoms with van der Waals surface area (Å²) in [6.07, 6.45) is 25.1. The maximum atomic E-state index is 12.9. The van der Waals surface area contributed by atoms with Gasteiger partial charge in [0, 0.05) is 0 Å². The highest BCUT2D eigenvalue weighted by molar-refractivity contribution is 5.26. The molecule has 1 nitrogen and oxygen atoms in total. The van der Waals surface area contributed by atoms with E-state index in [1.165, 1.54) is 114 Å². The molecule has 0 unspecified atom stereocenters. The molecule has 0 bridgehead atoms. The molecule has 2 aliphatic rings. The molecule has 0 amide bonds. The number of hydrogen-bond donors (Lipinski definition) is 0. The number of halogens is 1. The zero-order valence-corrected chi connectivity index (χ0v) is 21.7. The van der Waals surface area contributed by atoms with Crippen LogP contribution in [-0.4, -0.2) is 0 Å². The number of allylic oxidation sites excluding steroid dienone is 2. The molecule has 3 rings (SSSR count). The smallest absolute Gasteiger partial charge is 0.195 e. The third-order valence-corrected chi connectivity index (χ3v) is 8.81. The largest absolute Gasteiger partial charge is 0.196 e. The molecule has 0 aromatic heterocycles. The molecular formula is C32H48FN. The number of hydrogen-bond acceptors (Lipinski definition) is 1. The molecule has 188 valence electrons. The lowest BCUT2D eigenvalue weighted by Gasteiger charge is -2.30. The second-order valence-corrected chi connectivity index (χ2v) is 11.3. The summed E-state index contributed by atoms with van der Waals surface area (Å²) in [7, 11) is 0. The fourth-order valence-corrected chi connectivity index (χ4v) is 6.49. The topological polar surface area (TPSA) is 23.8 Å². The number of benzene rings is 1. The average molecular weight is 466 g/mol. The number of rotatable bonds is 13. The van der Waals surface area contributed by atoms with Crippen LogP contribution in [0.3, 0.4) is 0 Å². The van der Waals surface area contributed by atoms with Crippen LogP contribution < -0.4 is 0 Å². The lowest BCUT2D eigenvalue weighted by molar-refractivity contribution is 0.244. The van der Waals surface area contributed by atoms with Gasteiger partial charge in [0.05, 0.1) is 0 Å². The van der Waals surface area contributed by atoms with Gasteiger partial charge in [-0.3, -0.25) is 0 Å². The van der Waals surface area contributed by atoms with Crippen LogP contribution in [0.15, 0.2) is 36.2 Å². The van der Waals surface area contributed by atoms with Crippen LogP contribution in [0.5, 0.6) is 0 Å². The van der Waals surface area contributed by atoms with Crippen molar-refractivity contribution in [3.05, 3.63) is 47.3 Å². The SMILES string of the molecule is CCCCCc1ccc([C@H]2CC[C@H](CCCC[C@H]3CC[C@H](CC/C=C(\F)C#N)CC3)CC2)cc1. The van der Waals surface area contributed by atoms with Gasteiger partial charge in [-0.2, -0.15) is 9.65 Å². The quantitative estimate of drug-likeness (QED) is 0.210. The molecule has 2 aliphatic carbocycles. The van der Waals surface area contributed by atoms with Gasteiger partial charge in [-0.1, -0.05) is 95.4 Å². The van der Waals surface area contributed by atoms with E-state index >= 15 is 0 Å². The van der Waals surface area contributed by atoms with Gasteiger partial charge in [0.2, 0.25) is 0 Å². The summed E-state index contributed by atoms with van der Waals surface area (Å²) in [5.74, 6) is 2.80. The molecule has 0 spiro atoms. The zero-order valence-electron chi connectivity index (χ0n) is 21.7. The highest BCUT2D eigenvalue weighted by Gasteiger charge is 2.23. The van der Waals surface area contributed by atoms with E-state index < -0.39 is 5.83 Å². The van der Waals surface area contributed by atoms with Gasteiger partial charge in [0.1, 0.15) is 6.07 Å². The van der Waals surface area contributed by atoms with Crippen molar-refractivity contribution in [2.75, 3.05) is 0 Å². The molecule has 2 fully saturated rings. The maximum absolute atomic E-state index is 12.9. The first-order valence-electron chi connectivity index (χ1n) is 14.5. The van der Waals surface area contributed by atoms with Gasteiger partial charge >= 0.3 is 0 Å². The van der Waals surface area contributed by atoms with Crippen molar-refractivity contribution in [2.45, 2.75) is 128 Å². The summed E-state index contributed by atoms with van der Waals surface area (Å²) in [6, 6.07) is 11.2. The molecule has 1 aromatic rings. The average Bonchev–Trinajstić information content (AvgIpc) is 2.88. The monoisotopic (exact) mass is 465 g/mol. The first-order valence-corrected chi connectivity index (χ1v) is 14.5. The standard InChI is InChI=1S/C32H48FN/c1-2-3-4-8-27-17-21-30(22-18-27)31-23-19-28(20-24-31)10-6-5-9-26-13-15-29(16-14-26)11-7-12-32(33)25-34/h12,17-18,21-22,26,28-29,31H,2-11,13-16,19-20,23-24H2,1H3/b32-12-/t26-,28-,29-,31-. The normalized spacial score (nSPS) is 25.7. The minimum absolute atomic E-state index is 0.617. The van der Waals surface area contributed by atoms with Crippen molar-refractivity contribution in [3.63, 3.8) is 0 Å². The van der Waals surface area contributed by atoms with Crippen LogP contribution in [-0.2, 0) is 6.42 Å². The van der Waals surface area contributed by atoms with Crippen LogP contribution >= 0.6 is 0 Å². The van der Waals surface area contributed by atoms with Gasteiger partial charge in [-0.15, -0.1) is 0 Å². The van der Waals surface area contributed by atoms with Gasteiger partial charge in [-0.25, -0.2) is 0 Å². The van der Waals surface area contributed by atoms with Crippen molar-refractivity contribution in [2.24, 2.45) is 17.8 Å². The Balaban J connectivity index is 1.23. The first kappa shape index (κ1) is 27.0. The molecule has 2 saturated carbocycles. The Hall–Kier alpha value is -1.62. The Labute approximate surface area is 209 Å². The van der Waals surface area contributed by atoms with Crippen LogP contribution in [0.25, 0.3) is 0 Å². The summed E-state index contributed by atoms with van der Waals surface area (Å²) in [5.41, 5.74) is 3.10. The fraction of sp³-hybridized carbons (Fsp3) is 0.719. The number of aryl methyl sites for hydroxylation is 1. The van der Waals surface area contributed by atoms with E-state index in [0.29, 0.717) is 0 Å². The summed E-state index contributed by atoms with van der Waals surface area (Å²) in [6.45, 7) is 2.28. The number of nitrogens with zero attached hydrogens (tertiary/aromatic N) is 1. The van der Waals surface area contributed by atoms with Crippen molar-refractivity contribution in [3.8, 4) is 6.07 Å². The highest BCUT2D eigenvalue weighted by Crippen LogP contribution is 2.39. The molecule has 0 aliphatic heterocycles. The van der Waals surface area contributed by atoms with Crippen LogP contribution in [0.4, 0.5) is 4.39 Å². The van der Waals surface area contributed by atoms with Crippen LogP contribution in [0, 0.1) is 29.1 Å². The Morgan fingerprint density at radius 1 is 0.824 bits per heavy atom. The summed E-state index contributed by atoms with van der Waals surface area (Å²) in [5, 5.41) is 8.49. The highest BCUT2D eigenvalue weighted by atomic mass is 19.1. The molecule has 2 heteroatoms. The molecule has 34 heavy (non-hydrogen) atoms. The molecule has 0 atom stereocenters. The molecule has 0 heterocycles. The van der Waals surface area contributed by atoms with E-state index in [2.05, 4.69) is 31.2 Å². The third kappa shape index (κ3) is 9.56. The predicted octanol–water partition coefficient (Wildman–Crippen LogP) is 10.2. The van der Waals surface area contributed by atoms with Gasteiger partial charge < -0.3 is 0 Å². The predicted molar refractivity (Wildman–Crippen MR) is 142 cm³/mol. The third-order valence-electron chi connectivity index (χ3n) is 8.81. The van der Waals surface area contributed by atoms with Crippen LogP contribution in [0.1, 0.15) is 133 Å². The minimum Gasteiger partial charge on any atom is -0.195 e.